The molecule has 4 rings (SSSR count). The van der Waals surface area contributed by atoms with Crippen LogP contribution in [0.4, 0.5) is 0 Å². The Morgan fingerprint density at radius 2 is 1.74 bits per heavy atom. The average Bonchev–Trinajstić information content (AvgIpc) is 2.73. The number of nitrogens with one attached hydrogen (secondary N) is 2. The predicted octanol–water partition coefficient (Wildman–Crippen LogP) is 2.15. The number of hydrogen-bond donors (Lipinski definition) is 2. The molecule has 2 N–H and O–H groups in total. The highest BCUT2D eigenvalue weighted by molar-refractivity contribution is 5.94. The summed E-state index contributed by atoms with van der Waals surface area (Å²) in [6.07, 6.45) is 2.87. The van der Waals surface area contributed by atoms with Gasteiger partial charge < -0.3 is 10.2 Å². The summed E-state index contributed by atoms with van der Waals surface area (Å²) in [4.78, 5) is 18.1. The standard InChI is InChI=1S/C23H23N3O/c27-23(25-15-22-7-3-4-13-24-22)20-10-8-18(9-11-20)16-26-14-12-19-5-1-2-6-21(19)17-26/h1-11,13H,12,14-17H2,(H,25,27)/p+1. The van der Waals surface area contributed by atoms with E-state index in [0.717, 1.165) is 31.7 Å². The molecule has 1 aromatic heterocycles. The van der Waals surface area contributed by atoms with Crippen LogP contribution in [0, 0.1) is 0 Å². The minimum atomic E-state index is -0.0635. The highest BCUT2D eigenvalue weighted by Gasteiger charge is 2.19. The Kier molecular flexibility index (Phi) is 5.26. The second-order valence-corrected chi connectivity index (χ2v) is 7.07. The summed E-state index contributed by atoms with van der Waals surface area (Å²) in [5, 5.41) is 2.92. The predicted molar refractivity (Wildman–Crippen MR) is 105 cm³/mol. The van der Waals surface area contributed by atoms with E-state index in [1.54, 1.807) is 11.1 Å². The SMILES string of the molecule is O=C(NCc1ccccn1)c1ccc(C[NH+]2CCc3ccccc3C2)cc1. The number of aromatic nitrogens is 1. The lowest BCUT2D eigenvalue weighted by molar-refractivity contribution is -0.929. The van der Waals surface area contributed by atoms with Gasteiger partial charge in [0.15, 0.2) is 0 Å². The smallest absolute Gasteiger partial charge is 0.251 e. The summed E-state index contributed by atoms with van der Waals surface area (Å²) in [6, 6.07) is 22.4. The molecule has 1 atom stereocenters. The lowest BCUT2D eigenvalue weighted by Crippen LogP contribution is -3.10. The molecule has 0 spiro atoms. The Morgan fingerprint density at radius 1 is 0.963 bits per heavy atom. The Morgan fingerprint density at radius 3 is 2.52 bits per heavy atom. The number of rotatable bonds is 5. The van der Waals surface area contributed by atoms with E-state index in [-0.39, 0.29) is 5.91 Å². The van der Waals surface area contributed by atoms with Crippen LogP contribution in [0.25, 0.3) is 0 Å². The van der Waals surface area contributed by atoms with Crippen LogP contribution in [0.3, 0.4) is 0 Å². The molecule has 2 heterocycles. The van der Waals surface area contributed by atoms with Gasteiger partial charge in [-0.25, -0.2) is 0 Å². The molecule has 1 aliphatic rings. The van der Waals surface area contributed by atoms with Crippen molar-refractivity contribution in [2.45, 2.75) is 26.1 Å². The van der Waals surface area contributed by atoms with E-state index in [0.29, 0.717) is 12.1 Å². The van der Waals surface area contributed by atoms with Crippen molar-refractivity contribution in [3.8, 4) is 0 Å². The monoisotopic (exact) mass is 358 g/mol. The maximum Gasteiger partial charge on any atom is 0.251 e. The molecule has 2 aromatic carbocycles. The minimum Gasteiger partial charge on any atom is -0.346 e. The molecule has 1 amide bonds. The zero-order valence-corrected chi connectivity index (χ0v) is 15.3. The number of quaternary nitrogens is 1. The molecule has 4 nitrogen and oxygen atoms in total. The normalized spacial score (nSPS) is 15.8. The number of pyridine rings is 1. The Balaban J connectivity index is 1.33. The molecule has 136 valence electrons. The van der Waals surface area contributed by atoms with E-state index in [9.17, 15) is 4.79 Å². The highest BCUT2D eigenvalue weighted by Crippen LogP contribution is 2.11. The van der Waals surface area contributed by atoms with Gasteiger partial charge in [-0.15, -0.1) is 0 Å². The fourth-order valence-corrected chi connectivity index (χ4v) is 3.63. The maximum absolute atomic E-state index is 12.3. The van der Waals surface area contributed by atoms with Gasteiger partial charge in [0.1, 0.15) is 13.1 Å². The number of carbonyl (C=O) groups is 1. The fourth-order valence-electron chi connectivity index (χ4n) is 3.63. The van der Waals surface area contributed by atoms with E-state index in [1.807, 2.05) is 30.3 Å². The first-order chi connectivity index (χ1) is 13.3. The second kappa shape index (κ2) is 8.14. The van der Waals surface area contributed by atoms with Crippen molar-refractivity contribution in [1.29, 1.82) is 0 Å². The molecule has 27 heavy (non-hydrogen) atoms. The first-order valence-electron chi connectivity index (χ1n) is 9.45. The van der Waals surface area contributed by atoms with Crippen LogP contribution in [0.15, 0.2) is 72.9 Å². The van der Waals surface area contributed by atoms with Gasteiger partial charge in [0.2, 0.25) is 0 Å². The third-order valence-corrected chi connectivity index (χ3v) is 5.13. The third kappa shape index (κ3) is 4.41. The number of nitrogens with zero attached hydrogens (tertiary/aromatic N) is 1. The molecular weight excluding hydrogens is 334 g/mol. The van der Waals surface area contributed by atoms with Gasteiger partial charge in [-0.1, -0.05) is 42.5 Å². The Bertz CT molecular complexity index is 906. The summed E-state index contributed by atoms with van der Waals surface area (Å²) in [6.45, 7) is 3.66. The van der Waals surface area contributed by atoms with Gasteiger partial charge in [0.25, 0.3) is 5.91 Å². The fraction of sp³-hybridized carbons (Fsp3) is 0.217. The van der Waals surface area contributed by atoms with E-state index < -0.39 is 0 Å². The number of benzene rings is 2. The van der Waals surface area contributed by atoms with Crippen molar-refractivity contribution in [2.75, 3.05) is 6.54 Å². The van der Waals surface area contributed by atoms with Crippen LogP contribution in [0.2, 0.25) is 0 Å². The topological polar surface area (TPSA) is 46.4 Å². The summed E-state index contributed by atoms with van der Waals surface area (Å²) >= 11 is 0. The summed E-state index contributed by atoms with van der Waals surface area (Å²) < 4.78 is 0. The average molecular weight is 358 g/mol. The van der Waals surface area contributed by atoms with Crippen molar-refractivity contribution in [3.63, 3.8) is 0 Å². The van der Waals surface area contributed by atoms with E-state index in [1.165, 1.54) is 16.7 Å². The van der Waals surface area contributed by atoms with Gasteiger partial charge >= 0.3 is 0 Å². The zero-order chi connectivity index (χ0) is 18.5. The second-order valence-electron chi connectivity index (χ2n) is 7.07. The van der Waals surface area contributed by atoms with Gasteiger partial charge in [-0.05, 0) is 29.8 Å². The van der Waals surface area contributed by atoms with Crippen LogP contribution in [-0.2, 0) is 26.1 Å². The van der Waals surface area contributed by atoms with E-state index in [4.69, 9.17) is 0 Å². The number of fused-ring (bicyclic) bond motifs is 1. The molecule has 0 radical (unpaired) electrons. The Hall–Kier alpha value is -2.98. The van der Waals surface area contributed by atoms with Crippen molar-refractivity contribution in [1.82, 2.24) is 10.3 Å². The van der Waals surface area contributed by atoms with Crippen LogP contribution >= 0.6 is 0 Å². The third-order valence-electron chi connectivity index (χ3n) is 5.13. The van der Waals surface area contributed by atoms with Gasteiger partial charge in [0.05, 0.1) is 18.8 Å². The largest absolute Gasteiger partial charge is 0.346 e. The molecule has 4 heteroatoms. The molecule has 0 bridgehead atoms. The lowest BCUT2D eigenvalue weighted by Gasteiger charge is -2.26. The number of hydrogen-bond acceptors (Lipinski definition) is 2. The molecule has 0 fully saturated rings. The summed E-state index contributed by atoms with van der Waals surface area (Å²) in [5.41, 5.74) is 5.77. The van der Waals surface area contributed by atoms with Gasteiger partial charge in [-0.3, -0.25) is 9.78 Å². The van der Waals surface area contributed by atoms with E-state index >= 15 is 0 Å². The van der Waals surface area contributed by atoms with Crippen molar-refractivity contribution in [2.24, 2.45) is 0 Å². The summed E-state index contributed by atoms with van der Waals surface area (Å²) in [5.74, 6) is -0.0635. The van der Waals surface area contributed by atoms with E-state index in [2.05, 4.69) is 46.7 Å². The minimum absolute atomic E-state index is 0.0635. The first kappa shape index (κ1) is 17.4. The molecule has 0 aliphatic carbocycles. The highest BCUT2D eigenvalue weighted by atomic mass is 16.1. The van der Waals surface area contributed by atoms with Crippen LogP contribution in [0.1, 0.15) is 32.7 Å². The number of amides is 1. The molecule has 0 saturated carbocycles. The molecule has 1 unspecified atom stereocenters. The first-order valence-corrected chi connectivity index (χ1v) is 9.45. The molecular formula is C23H24N3O+. The van der Waals surface area contributed by atoms with Gasteiger partial charge in [-0.2, -0.15) is 0 Å². The van der Waals surface area contributed by atoms with Gasteiger partial charge in [0, 0.05) is 29.3 Å². The van der Waals surface area contributed by atoms with Crippen LogP contribution < -0.4 is 10.2 Å². The molecule has 3 aromatic rings. The van der Waals surface area contributed by atoms with Crippen molar-refractivity contribution in [3.05, 3.63) is 101 Å². The van der Waals surface area contributed by atoms with Crippen LogP contribution in [0.5, 0.6) is 0 Å². The lowest BCUT2D eigenvalue weighted by atomic mass is 9.99. The molecule has 1 aliphatic heterocycles. The number of carbonyl (C=O) groups excluding carboxylic acids is 1. The Labute approximate surface area is 159 Å². The molecule has 0 saturated heterocycles. The maximum atomic E-state index is 12.3. The quantitative estimate of drug-likeness (QED) is 0.734. The summed E-state index contributed by atoms with van der Waals surface area (Å²) in [7, 11) is 0. The zero-order valence-electron chi connectivity index (χ0n) is 15.3. The van der Waals surface area contributed by atoms with Crippen LogP contribution in [-0.4, -0.2) is 17.4 Å². The van der Waals surface area contributed by atoms with Crippen molar-refractivity contribution >= 4 is 5.91 Å². The van der Waals surface area contributed by atoms with Crippen molar-refractivity contribution < 1.29 is 9.69 Å².